The van der Waals surface area contributed by atoms with Gasteiger partial charge in [-0.25, -0.2) is 0 Å². The van der Waals surface area contributed by atoms with E-state index in [0.717, 1.165) is 44.2 Å². The van der Waals surface area contributed by atoms with E-state index in [9.17, 15) is 0 Å². The molecule has 2 nitrogen and oxygen atoms in total. The topological polar surface area (TPSA) is 18.5 Å². The minimum absolute atomic E-state index is 0.495. The van der Waals surface area contributed by atoms with Crippen LogP contribution in [-0.4, -0.2) is 0 Å². The zero-order valence-corrected chi connectivity index (χ0v) is 21.9. The van der Waals surface area contributed by atoms with Gasteiger partial charge in [-0.1, -0.05) is 115 Å². The number of rotatable bonds is 6. The van der Waals surface area contributed by atoms with Gasteiger partial charge in [0.1, 0.15) is 24.7 Å². The molecule has 0 aliphatic carbocycles. The summed E-state index contributed by atoms with van der Waals surface area (Å²) in [6.07, 6.45) is 0. The van der Waals surface area contributed by atoms with Gasteiger partial charge in [-0.05, 0) is 57.8 Å². The summed E-state index contributed by atoms with van der Waals surface area (Å²) >= 11 is 0. The van der Waals surface area contributed by atoms with Crippen molar-refractivity contribution >= 4 is 43.1 Å². The zero-order valence-electron chi connectivity index (χ0n) is 21.9. The third-order valence-corrected chi connectivity index (χ3v) is 7.47. The van der Waals surface area contributed by atoms with Gasteiger partial charge in [-0.3, -0.25) is 0 Å². The van der Waals surface area contributed by atoms with E-state index in [4.69, 9.17) is 9.47 Å². The summed E-state index contributed by atoms with van der Waals surface area (Å²) in [5.74, 6) is 1.79. The van der Waals surface area contributed by atoms with E-state index in [-0.39, 0.29) is 0 Å². The molecule has 0 saturated carbocycles. The third kappa shape index (κ3) is 4.45. The first-order valence-corrected chi connectivity index (χ1v) is 13.4. The lowest BCUT2D eigenvalue weighted by atomic mass is 9.99. The van der Waals surface area contributed by atoms with Crippen LogP contribution < -0.4 is 9.47 Å². The van der Waals surface area contributed by atoms with Crippen LogP contribution in [0, 0.1) is 6.92 Å². The van der Waals surface area contributed by atoms with Crippen LogP contribution in [-0.2, 0) is 13.2 Å². The number of hydrogen-bond donors (Lipinski definition) is 0. The lowest BCUT2D eigenvalue weighted by Crippen LogP contribution is -2.01. The van der Waals surface area contributed by atoms with Crippen LogP contribution in [0.25, 0.3) is 43.1 Å². The lowest BCUT2D eigenvalue weighted by Gasteiger charge is -2.19. The van der Waals surface area contributed by atoms with Crippen LogP contribution in [0.5, 0.6) is 11.5 Å². The molecule has 0 amide bonds. The second-order valence-corrected chi connectivity index (χ2v) is 10.2. The summed E-state index contributed by atoms with van der Waals surface area (Å²) < 4.78 is 13.3. The molecule has 0 N–H and O–H groups in total. The molecule has 0 aliphatic heterocycles. The second-order valence-electron chi connectivity index (χ2n) is 10.2. The van der Waals surface area contributed by atoms with Gasteiger partial charge >= 0.3 is 0 Å². The van der Waals surface area contributed by atoms with Gasteiger partial charge in [0.25, 0.3) is 0 Å². The summed E-state index contributed by atoms with van der Waals surface area (Å²) in [6, 6.07) is 44.8. The minimum atomic E-state index is 0.495. The van der Waals surface area contributed by atoms with Crippen molar-refractivity contribution in [3.63, 3.8) is 0 Å². The summed E-state index contributed by atoms with van der Waals surface area (Å²) in [7, 11) is 0. The molecule has 2 heteroatoms. The van der Waals surface area contributed by atoms with Crippen molar-refractivity contribution in [1.29, 1.82) is 0 Å². The number of ether oxygens (including phenoxy) is 2. The largest absolute Gasteiger partial charge is 0.488 e. The minimum Gasteiger partial charge on any atom is -0.488 e. The van der Waals surface area contributed by atoms with Crippen molar-refractivity contribution in [3.8, 4) is 11.5 Å². The monoisotopic (exact) mass is 504 g/mol. The Morgan fingerprint density at radius 3 is 1.44 bits per heavy atom. The number of fused-ring (bicyclic) bond motifs is 4. The van der Waals surface area contributed by atoms with Crippen molar-refractivity contribution in [2.24, 2.45) is 0 Å². The predicted octanol–water partition coefficient (Wildman–Crippen LogP) is 9.77. The van der Waals surface area contributed by atoms with Crippen molar-refractivity contribution in [3.05, 3.63) is 144 Å². The smallest absolute Gasteiger partial charge is 0.135 e. The Bertz CT molecular complexity index is 1990. The molecule has 0 fully saturated rings. The Kier molecular flexibility index (Phi) is 5.86. The van der Waals surface area contributed by atoms with E-state index in [0.29, 0.717) is 13.2 Å². The molecule has 0 bridgehead atoms. The first-order valence-electron chi connectivity index (χ1n) is 13.4. The lowest BCUT2D eigenvalue weighted by molar-refractivity contribution is 0.308. The van der Waals surface area contributed by atoms with E-state index in [1.54, 1.807) is 0 Å². The highest BCUT2D eigenvalue weighted by Gasteiger charge is 2.17. The van der Waals surface area contributed by atoms with Gasteiger partial charge in [0.05, 0.1) is 0 Å². The zero-order chi connectivity index (χ0) is 26.2. The van der Waals surface area contributed by atoms with Gasteiger partial charge in [-0.2, -0.15) is 0 Å². The molecule has 0 unspecified atom stereocenters. The normalized spacial score (nSPS) is 11.4. The van der Waals surface area contributed by atoms with Crippen LogP contribution in [0.1, 0.15) is 16.7 Å². The molecule has 7 aromatic carbocycles. The van der Waals surface area contributed by atoms with Gasteiger partial charge in [-0.15, -0.1) is 0 Å². The molecule has 0 spiro atoms. The number of hydrogen-bond acceptors (Lipinski definition) is 2. The van der Waals surface area contributed by atoms with Crippen LogP contribution in [0.2, 0.25) is 0 Å². The van der Waals surface area contributed by atoms with Crippen LogP contribution in [0.4, 0.5) is 0 Å². The highest BCUT2D eigenvalue weighted by atomic mass is 16.5. The molecule has 0 aliphatic rings. The van der Waals surface area contributed by atoms with Gasteiger partial charge in [0, 0.05) is 21.5 Å². The van der Waals surface area contributed by atoms with Crippen molar-refractivity contribution in [2.45, 2.75) is 20.1 Å². The molecule has 7 rings (SSSR count). The van der Waals surface area contributed by atoms with Gasteiger partial charge in [0.2, 0.25) is 0 Å². The average molecular weight is 505 g/mol. The second kappa shape index (κ2) is 9.81. The highest BCUT2D eigenvalue weighted by molar-refractivity contribution is 6.11. The quantitative estimate of drug-likeness (QED) is 0.210. The van der Waals surface area contributed by atoms with E-state index in [1.807, 2.05) is 0 Å². The van der Waals surface area contributed by atoms with Crippen molar-refractivity contribution in [1.82, 2.24) is 0 Å². The van der Waals surface area contributed by atoms with Crippen molar-refractivity contribution in [2.75, 3.05) is 0 Å². The average Bonchev–Trinajstić information content (AvgIpc) is 2.98. The third-order valence-electron chi connectivity index (χ3n) is 7.47. The maximum atomic E-state index is 6.63. The fraction of sp³-hybridized carbons (Fsp3) is 0.0811. The molecular weight excluding hydrogens is 476 g/mol. The van der Waals surface area contributed by atoms with Crippen LogP contribution in [0.3, 0.4) is 0 Å². The highest BCUT2D eigenvalue weighted by Crippen LogP contribution is 2.43. The van der Waals surface area contributed by atoms with E-state index in [1.165, 1.54) is 27.1 Å². The van der Waals surface area contributed by atoms with Gasteiger partial charge in [0.15, 0.2) is 0 Å². The van der Waals surface area contributed by atoms with Crippen LogP contribution in [0.15, 0.2) is 127 Å². The molecule has 0 aromatic heterocycles. The number of benzene rings is 7. The Morgan fingerprint density at radius 1 is 0.410 bits per heavy atom. The Hall–Kier alpha value is -4.82. The van der Waals surface area contributed by atoms with Gasteiger partial charge < -0.3 is 9.47 Å². The number of aryl methyl sites for hydroxylation is 1. The summed E-state index contributed by atoms with van der Waals surface area (Å²) in [5.41, 5.74) is 3.48. The van der Waals surface area contributed by atoms with E-state index in [2.05, 4.69) is 134 Å². The molecule has 0 heterocycles. The molecule has 188 valence electrons. The SMILES string of the molecule is Cc1ccc2c(OCc3ccc4ccccc4c3)c3ccccc3c(OCc3ccc4ccccc4c3)c2c1. The van der Waals surface area contributed by atoms with E-state index >= 15 is 0 Å². The molecule has 0 radical (unpaired) electrons. The first kappa shape index (κ1) is 23.3. The fourth-order valence-corrected chi connectivity index (χ4v) is 5.49. The first-order chi connectivity index (χ1) is 19.2. The Balaban J connectivity index is 1.29. The Labute approximate surface area is 228 Å². The molecule has 0 saturated heterocycles. The van der Waals surface area contributed by atoms with Crippen LogP contribution >= 0.6 is 0 Å². The summed E-state index contributed by atoms with van der Waals surface area (Å²) in [4.78, 5) is 0. The molecule has 39 heavy (non-hydrogen) atoms. The standard InChI is InChI=1S/C37H28O2/c1-25-14-19-34-35(20-25)37(39-24-27-16-18-29-9-3-5-11-31(29)22-27)33-13-7-6-12-32(33)36(34)38-23-26-15-17-28-8-2-4-10-30(28)21-26/h2-22H,23-24H2,1H3. The fourth-order valence-electron chi connectivity index (χ4n) is 5.49. The maximum absolute atomic E-state index is 6.63. The predicted molar refractivity (Wildman–Crippen MR) is 163 cm³/mol. The summed E-state index contributed by atoms with van der Waals surface area (Å²) in [5, 5.41) is 9.17. The Morgan fingerprint density at radius 2 is 0.872 bits per heavy atom. The molecule has 7 aromatic rings. The van der Waals surface area contributed by atoms with E-state index < -0.39 is 0 Å². The molecular formula is C37H28O2. The maximum Gasteiger partial charge on any atom is 0.135 e. The van der Waals surface area contributed by atoms with Crippen molar-refractivity contribution < 1.29 is 9.47 Å². The summed E-state index contributed by atoms with van der Waals surface area (Å²) in [6.45, 7) is 3.11. The molecule has 0 atom stereocenters.